The number of nitrogens with one attached hydrogen (secondary N) is 3. The van der Waals surface area contributed by atoms with Gasteiger partial charge in [0.1, 0.15) is 11.4 Å². The van der Waals surface area contributed by atoms with Gasteiger partial charge in [0.25, 0.3) is 0 Å². The lowest BCUT2D eigenvalue weighted by atomic mass is 9.88. The summed E-state index contributed by atoms with van der Waals surface area (Å²) in [4.78, 5) is 58.6. The number of benzene rings is 1. The Labute approximate surface area is 341 Å². The van der Waals surface area contributed by atoms with E-state index in [-0.39, 0.29) is 11.9 Å². The number of carbonyl (C=O) groups excluding carboxylic acids is 1. The lowest BCUT2D eigenvalue weighted by Gasteiger charge is -2.48. The molecule has 0 unspecified atom stereocenters. The molecule has 0 radical (unpaired) electrons. The number of hydrazine groups is 1. The van der Waals surface area contributed by atoms with Gasteiger partial charge < -0.3 is 25.5 Å². The molecular weight excluding hydrogens is 844 g/mol. The van der Waals surface area contributed by atoms with Crippen molar-refractivity contribution < 1.29 is 23.8 Å². The van der Waals surface area contributed by atoms with Crippen LogP contribution in [0.5, 0.6) is 0 Å². The third kappa shape index (κ3) is 8.06. The van der Waals surface area contributed by atoms with Gasteiger partial charge in [-0.15, -0.1) is 0 Å². The predicted molar refractivity (Wildman–Crippen MR) is 222 cm³/mol. The summed E-state index contributed by atoms with van der Waals surface area (Å²) in [6.07, 6.45) is 13.6. The molecule has 2 aliphatic carbocycles. The first kappa shape index (κ1) is 38.4. The van der Waals surface area contributed by atoms with Crippen LogP contribution in [0.1, 0.15) is 72.1 Å². The molecule has 0 spiro atoms. The zero-order valence-corrected chi connectivity index (χ0v) is 33.9. The summed E-state index contributed by atoms with van der Waals surface area (Å²) < 4.78 is 21.5. The SMILES string of the molecule is CC(C)(C)OC(=O)N([C@H]1CCCC[C@H]1Nc1ncc2cncc(I)c2n1)N(C(=O)O)[C@H]1CCCC[C@H]1Nc1ncc2cncc(-c3cc4cccc(F)c4[nH]3)c2n1. The number of hydrogen-bond acceptors (Lipinski definition) is 11. The number of ether oxygens (including phenoxy) is 1. The Hall–Kier alpha value is -5.46. The number of para-hydroxylation sites is 1. The molecule has 0 saturated heterocycles. The van der Waals surface area contributed by atoms with E-state index in [1.807, 2.05) is 12.1 Å². The first-order chi connectivity index (χ1) is 27.4. The van der Waals surface area contributed by atoms with E-state index in [1.165, 1.54) is 16.1 Å². The van der Waals surface area contributed by atoms with Crippen LogP contribution in [0.3, 0.4) is 0 Å². The van der Waals surface area contributed by atoms with Crippen LogP contribution in [0.2, 0.25) is 0 Å². The molecule has 2 aliphatic rings. The zero-order valence-electron chi connectivity index (χ0n) is 31.7. The van der Waals surface area contributed by atoms with Crippen molar-refractivity contribution in [3.8, 4) is 11.3 Å². The number of anilines is 2. The van der Waals surface area contributed by atoms with Gasteiger partial charge in [-0.1, -0.05) is 37.8 Å². The fraction of sp³-hybridized carbons (Fsp3) is 0.400. The molecule has 4 N–H and O–H groups in total. The number of H-pyrrole nitrogens is 1. The monoisotopic (exact) mass is 887 g/mol. The number of amides is 2. The van der Waals surface area contributed by atoms with Gasteiger partial charge in [-0.05, 0) is 81.2 Å². The van der Waals surface area contributed by atoms with Crippen LogP contribution in [0.25, 0.3) is 44.0 Å². The van der Waals surface area contributed by atoms with E-state index in [0.717, 1.165) is 45.5 Å². The molecule has 0 bridgehead atoms. The highest BCUT2D eigenvalue weighted by Crippen LogP contribution is 2.35. The lowest BCUT2D eigenvalue weighted by Crippen LogP contribution is -2.66. The molecule has 17 heteroatoms. The minimum absolute atomic E-state index is 0.291. The standard InChI is InChI=1S/C40H43FIN11O4/c1-40(2,3)57-39(56)53(32-14-7-5-12-29(32)49-37-46-19-24-17-44-21-27(42)35(24)51-37)52(38(54)55)31-13-6-4-11-28(31)48-36-45-18-23-16-43-20-25(33(23)50-36)30-15-22-9-8-10-26(41)34(22)47-30/h8-10,15-21,28-29,31-32,47H,4-7,11-14H2,1-3H3,(H,54,55)(H,45,48,50)(H,46,49,51)/t28-,29-,31+,32+/m1/s1. The zero-order chi connectivity index (χ0) is 39.8. The Morgan fingerprint density at radius 2 is 1.42 bits per heavy atom. The van der Waals surface area contributed by atoms with Gasteiger partial charge in [-0.3, -0.25) is 9.97 Å². The number of pyridine rings is 2. The molecule has 0 aliphatic heterocycles. The maximum absolute atomic E-state index is 14.6. The van der Waals surface area contributed by atoms with Gasteiger partial charge in [-0.25, -0.2) is 43.9 Å². The molecular formula is C40H43FIN11O4. The quantitative estimate of drug-likeness (QED) is 0.0886. The van der Waals surface area contributed by atoms with Crippen molar-refractivity contribution in [1.29, 1.82) is 0 Å². The number of nitrogens with zero attached hydrogens (tertiary/aromatic N) is 8. The van der Waals surface area contributed by atoms with E-state index in [0.29, 0.717) is 65.3 Å². The van der Waals surface area contributed by atoms with Gasteiger partial charge in [0.2, 0.25) is 11.9 Å². The number of rotatable bonds is 7. The average molecular weight is 888 g/mol. The van der Waals surface area contributed by atoms with Crippen LogP contribution in [0.15, 0.2) is 61.4 Å². The molecule has 5 heterocycles. The normalized spacial score (nSPS) is 20.0. The third-order valence-electron chi connectivity index (χ3n) is 10.6. The van der Waals surface area contributed by atoms with Crippen molar-refractivity contribution >= 4 is 79.4 Å². The molecule has 2 fully saturated rings. The highest BCUT2D eigenvalue weighted by atomic mass is 127. The molecule has 6 aromatic rings. The van der Waals surface area contributed by atoms with Gasteiger partial charge in [-0.2, -0.15) is 0 Å². The molecule has 2 amide bonds. The summed E-state index contributed by atoms with van der Waals surface area (Å²) in [5, 5.41) is 22.7. The number of hydrogen-bond donors (Lipinski definition) is 4. The Kier molecular flexibility index (Phi) is 10.7. The number of halogens is 2. The van der Waals surface area contributed by atoms with E-state index in [9.17, 15) is 19.1 Å². The van der Waals surface area contributed by atoms with E-state index in [2.05, 4.69) is 58.1 Å². The van der Waals surface area contributed by atoms with Gasteiger partial charge in [0.15, 0.2) is 0 Å². The molecule has 296 valence electrons. The van der Waals surface area contributed by atoms with E-state index in [4.69, 9.17) is 14.7 Å². The fourth-order valence-electron chi connectivity index (χ4n) is 8.04. The van der Waals surface area contributed by atoms with Crippen molar-refractivity contribution in [2.45, 2.75) is 102 Å². The number of carboxylic acid groups (broad SMARTS) is 1. The number of fused-ring (bicyclic) bond motifs is 3. The molecule has 8 rings (SSSR count). The van der Waals surface area contributed by atoms with Gasteiger partial charge in [0, 0.05) is 58.9 Å². The van der Waals surface area contributed by atoms with Crippen LogP contribution in [-0.4, -0.2) is 92.0 Å². The van der Waals surface area contributed by atoms with Crippen LogP contribution in [0, 0.1) is 9.39 Å². The van der Waals surface area contributed by atoms with Crippen LogP contribution in [0.4, 0.5) is 25.9 Å². The Balaban J connectivity index is 1.13. The van der Waals surface area contributed by atoms with Crippen LogP contribution < -0.4 is 10.6 Å². The second-order valence-electron chi connectivity index (χ2n) is 15.6. The first-order valence-electron chi connectivity index (χ1n) is 19.2. The molecule has 4 atom stereocenters. The Bertz CT molecular complexity index is 2460. The highest BCUT2D eigenvalue weighted by Gasteiger charge is 2.46. The van der Waals surface area contributed by atoms with Crippen molar-refractivity contribution in [2.24, 2.45) is 0 Å². The second kappa shape index (κ2) is 15.8. The summed E-state index contributed by atoms with van der Waals surface area (Å²) in [5.41, 5.74) is 2.14. The highest BCUT2D eigenvalue weighted by molar-refractivity contribution is 14.1. The number of aromatic nitrogens is 7. The Morgan fingerprint density at radius 3 is 2.05 bits per heavy atom. The summed E-state index contributed by atoms with van der Waals surface area (Å²) in [5.74, 6) is 0.312. The van der Waals surface area contributed by atoms with Crippen molar-refractivity contribution in [2.75, 3.05) is 10.6 Å². The topological polar surface area (TPSA) is 187 Å². The fourth-order valence-corrected chi connectivity index (χ4v) is 8.63. The maximum Gasteiger partial charge on any atom is 0.429 e. The molecule has 57 heavy (non-hydrogen) atoms. The second-order valence-corrected chi connectivity index (χ2v) is 16.8. The molecule has 1 aromatic carbocycles. The van der Waals surface area contributed by atoms with Gasteiger partial charge >= 0.3 is 12.2 Å². The summed E-state index contributed by atoms with van der Waals surface area (Å²) in [6, 6.07) is 4.64. The number of aromatic amines is 1. The summed E-state index contributed by atoms with van der Waals surface area (Å²) in [7, 11) is 0. The molecule has 15 nitrogen and oxygen atoms in total. The first-order valence-corrected chi connectivity index (χ1v) is 20.2. The van der Waals surface area contributed by atoms with Crippen molar-refractivity contribution in [3.05, 3.63) is 70.8 Å². The van der Waals surface area contributed by atoms with Gasteiger partial charge in [0.05, 0.1) is 50.0 Å². The minimum Gasteiger partial charge on any atom is -0.464 e. The summed E-state index contributed by atoms with van der Waals surface area (Å²) in [6.45, 7) is 5.30. The lowest BCUT2D eigenvalue weighted by molar-refractivity contribution is -0.0928. The summed E-state index contributed by atoms with van der Waals surface area (Å²) >= 11 is 2.19. The van der Waals surface area contributed by atoms with Crippen LogP contribution >= 0.6 is 22.6 Å². The maximum atomic E-state index is 14.6. The van der Waals surface area contributed by atoms with E-state index >= 15 is 0 Å². The number of carbonyl (C=O) groups is 2. The van der Waals surface area contributed by atoms with Crippen molar-refractivity contribution in [1.82, 2.24) is 44.9 Å². The Morgan fingerprint density at radius 1 is 0.825 bits per heavy atom. The van der Waals surface area contributed by atoms with Crippen molar-refractivity contribution in [3.63, 3.8) is 0 Å². The average Bonchev–Trinajstić information content (AvgIpc) is 3.63. The predicted octanol–water partition coefficient (Wildman–Crippen LogP) is 8.53. The molecule has 5 aromatic heterocycles. The minimum atomic E-state index is -1.27. The van der Waals surface area contributed by atoms with E-state index < -0.39 is 35.9 Å². The smallest absolute Gasteiger partial charge is 0.429 e. The third-order valence-corrected chi connectivity index (χ3v) is 11.3. The molecule has 2 saturated carbocycles. The van der Waals surface area contributed by atoms with E-state index in [1.54, 1.807) is 64.0 Å². The largest absolute Gasteiger partial charge is 0.464 e. The van der Waals surface area contributed by atoms with Crippen LogP contribution in [-0.2, 0) is 4.74 Å².